The largest absolute Gasteiger partial charge is 0.497 e. The van der Waals surface area contributed by atoms with Crippen molar-refractivity contribution in [3.8, 4) is 5.75 Å². The van der Waals surface area contributed by atoms with E-state index >= 15 is 0 Å². The monoisotopic (exact) mass is 230 g/mol. The molecule has 0 saturated carbocycles. The van der Waals surface area contributed by atoms with Crippen molar-refractivity contribution in [1.82, 2.24) is 5.43 Å². The highest BCUT2D eigenvalue weighted by Crippen LogP contribution is 2.12. The molecule has 4 nitrogen and oxygen atoms in total. The second-order valence-electron chi connectivity index (χ2n) is 3.74. The first-order chi connectivity index (χ1) is 8.28. The highest BCUT2D eigenvalue weighted by Gasteiger charge is 2.08. The van der Waals surface area contributed by atoms with Crippen molar-refractivity contribution < 1.29 is 9.53 Å². The van der Waals surface area contributed by atoms with Gasteiger partial charge in [0.1, 0.15) is 5.75 Å². The number of carbonyl (C=O) groups excluding carboxylic acids is 1. The summed E-state index contributed by atoms with van der Waals surface area (Å²) in [5.74, 6) is 0.816. The number of nitrogens with zero attached hydrogens (tertiary/aromatic N) is 1. The molecule has 4 heteroatoms. The van der Waals surface area contributed by atoms with Gasteiger partial charge in [-0.05, 0) is 23.8 Å². The first-order valence-corrected chi connectivity index (χ1v) is 5.45. The predicted octanol–water partition coefficient (Wildman–Crippen LogP) is 1.97. The molecule has 0 spiro atoms. The van der Waals surface area contributed by atoms with Crippen LogP contribution in [0.5, 0.6) is 5.75 Å². The third-order valence-electron chi connectivity index (χ3n) is 2.52. The normalized spacial score (nSPS) is 15.6. The molecule has 1 aliphatic rings. The molecule has 0 radical (unpaired) electrons. The van der Waals surface area contributed by atoms with Crippen LogP contribution in [0.4, 0.5) is 0 Å². The summed E-state index contributed by atoms with van der Waals surface area (Å²) in [5.41, 5.74) is 4.43. The quantitative estimate of drug-likeness (QED) is 0.863. The minimum Gasteiger partial charge on any atom is -0.497 e. The maximum atomic E-state index is 10.9. The number of allylic oxidation sites excluding steroid dienone is 1. The molecule has 2 rings (SSSR count). The topological polar surface area (TPSA) is 50.7 Å². The number of hydrogen-bond acceptors (Lipinski definition) is 3. The molecule has 88 valence electrons. The molecule has 0 saturated heterocycles. The molecule has 1 amide bonds. The Morgan fingerprint density at radius 1 is 1.24 bits per heavy atom. The molecule has 0 aliphatic carbocycles. The molecule has 0 fully saturated rings. The van der Waals surface area contributed by atoms with Crippen molar-refractivity contribution in [2.45, 2.75) is 12.8 Å². The van der Waals surface area contributed by atoms with E-state index in [0.29, 0.717) is 12.8 Å². The van der Waals surface area contributed by atoms with Gasteiger partial charge in [-0.2, -0.15) is 5.10 Å². The van der Waals surface area contributed by atoms with Gasteiger partial charge in [-0.3, -0.25) is 4.79 Å². The maximum Gasteiger partial charge on any atom is 0.240 e. The van der Waals surface area contributed by atoms with Gasteiger partial charge in [0.05, 0.1) is 12.8 Å². The summed E-state index contributed by atoms with van der Waals surface area (Å²) in [6.07, 6.45) is 5.08. The van der Waals surface area contributed by atoms with Crippen LogP contribution in [0.1, 0.15) is 18.4 Å². The zero-order valence-electron chi connectivity index (χ0n) is 9.64. The van der Waals surface area contributed by atoms with Gasteiger partial charge < -0.3 is 4.74 Å². The fourth-order valence-electron chi connectivity index (χ4n) is 1.52. The lowest BCUT2D eigenvalue weighted by atomic mass is 10.1. The van der Waals surface area contributed by atoms with Crippen LogP contribution in [0, 0.1) is 0 Å². The number of benzene rings is 1. The van der Waals surface area contributed by atoms with Crippen LogP contribution in [0.2, 0.25) is 0 Å². The van der Waals surface area contributed by atoms with Crippen LogP contribution in [0.15, 0.2) is 35.4 Å². The summed E-state index contributed by atoms with van der Waals surface area (Å²) < 4.78 is 5.08. The molecular formula is C13H14N2O2. The zero-order chi connectivity index (χ0) is 12.1. The summed E-state index contributed by atoms with van der Waals surface area (Å²) in [4.78, 5) is 10.9. The van der Waals surface area contributed by atoms with Crippen molar-refractivity contribution >= 4 is 17.7 Å². The molecule has 0 atom stereocenters. The van der Waals surface area contributed by atoms with Crippen molar-refractivity contribution in [1.29, 1.82) is 0 Å². The molecule has 1 heterocycles. The molecule has 0 bridgehead atoms. The first kappa shape index (κ1) is 11.4. The third kappa shape index (κ3) is 3.17. The van der Waals surface area contributed by atoms with Crippen molar-refractivity contribution in [2.24, 2.45) is 5.10 Å². The standard InChI is InChI=1S/C13H14N2O2/c1-17-12-7-3-10(4-8-12)2-5-11-6-9-13(16)15-14-11/h2-5,7-8H,6,9H2,1H3,(H,15,16)/b5-2+. The van der Waals surface area contributed by atoms with Gasteiger partial charge in [-0.15, -0.1) is 0 Å². The molecule has 1 N–H and O–H groups in total. The fourth-order valence-corrected chi connectivity index (χ4v) is 1.52. The number of nitrogens with one attached hydrogen (secondary N) is 1. The number of hydrogen-bond donors (Lipinski definition) is 1. The number of ether oxygens (including phenoxy) is 1. The summed E-state index contributed by atoms with van der Waals surface area (Å²) in [6, 6.07) is 7.75. The molecular weight excluding hydrogens is 216 g/mol. The molecule has 0 unspecified atom stereocenters. The number of rotatable bonds is 3. The molecule has 0 aromatic heterocycles. The predicted molar refractivity (Wildman–Crippen MR) is 66.8 cm³/mol. The van der Waals surface area contributed by atoms with Gasteiger partial charge in [-0.25, -0.2) is 5.43 Å². The fraction of sp³-hybridized carbons (Fsp3) is 0.231. The van der Waals surface area contributed by atoms with Gasteiger partial charge in [-0.1, -0.05) is 18.2 Å². The Labute approximate surface area is 100.0 Å². The summed E-state index contributed by atoms with van der Waals surface area (Å²) in [6.45, 7) is 0. The van der Waals surface area contributed by atoms with Gasteiger partial charge >= 0.3 is 0 Å². The molecule has 17 heavy (non-hydrogen) atoms. The van der Waals surface area contributed by atoms with E-state index in [1.807, 2.05) is 36.4 Å². The average molecular weight is 230 g/mol. The van der Waals surface area contributed by atoms with Crippen molar-refractivity contribution in [3.05, 3.63) is 35.9 Å². The van der Waals surface area contributed by atoms with Crippen LogP contribution < -0.4 is 10.2 Å². The number of carbonyl (C=O) groups is 1. The van der Waals surface area contributed by atoms with E-state index in [0.717, 1.165) is 17.0 Å². The smallest absolute Gasteiger partial charge is 0.240 e. The Balaban J connectivity index is 2.02. The lowest BCUT2D eigenvalue weighted by Crippen LogP contribution is -2.24. The highest BCUT2D eigenvalue weighted by atomic mass is 16.5. The van der Waals surface area contributed by atoms with E-state index < -0.39 is 0 Å². The SMILES string of the molecule is COc1ccc(/C=C/C2=NNC(=O)CC2)cc1. The Kier molecular flexibility index (Phi) is 3.55. The van der Waals surface area contributed by atoms with Crippen molar-refractivity contribution in [2.75, 3.05) is 7.11 Å². The first-order valence-electron chi connectivity index (χ1n) is 5.45. The van der Waals surface area contributed by atoms with Crippen LogP contribution in [0.3, 0.4) is 0 Å². The van der Waals surface area contributed by atoms with E-state index in [-0.39, 0.29) is 5.91 Å². The van der Waals surface area contributed by atoms with Crippen LogP contribution in [-0.2, 0) is 4.79 Å². The lowest BCUT2D eigenvalue weighted by molar-refractivity contribution is -0.121. The Morgan fingerprint density at radius 3 is 2.59 bits per heavy atom. The zero-order valence-corrected chi connectivity index (χ0v) is 9.64. The number of methoxy groups -OCH3 is 1. The Bertz CT molecular complexity index is 461. The van der Waals surface area contributed by atoms with E-state index in [4.69, 9.17) is 4.74 Å². The number of hydrazone groups is 1. The summed E-state index contributed by atoms with van der Waals surface area (Å²) in [5, 5.41) is 3.96. The van der Waals surface area contributed by atoms with Crippen LogP contribution in [-0.4, -0.2) is 18.7 Å². The van der Waals surface area contributed by atoms with E-state index in [2.05, 4.69) is 10.5 Å². The van der Waals surface area contributed by atoms with Crippen LogP contribution in [0.25, 0.3) is 6.08 Å². The summed E-state index contributed by atoms with van der Waals surface area (Å²) in [7, 11) is 1.64. The average Bonchev–Trinajstić information content (AvgIpc) is 2.39. The van der Waals surface area contributed by atoms with Crippen molar-refractivity contribution in [3.63, 3.8) is 0 Å². The minimum absolute atomic E-state index is 0.0217. The van der Waals surface area contributed by atoms with Gasteiger partial charge in [0.25, 0.3) is 0 Å². The Morgan fingerprint density at radius 2 is 2.00 bits per heavy atom. The third-order valence-corrected chi connectivity index (χ3v) is 2.52. The second kappa shape index (κ2) is 5.30. The molecule has 1 aromatic carbocycles. The van der Waals surface area contributed by atoms with Gasteiger partial charge in [0, 0.05) is 12.8 Å². The Hall–Kier alpha value is -2.10. The van der Waals surface area contributed by atoms with Gasteiger partial charge in [0.15, 0.2) is 0 Å². The maximum absolute atomic E-state index is 10.9. The molecule has 1 aliphatic heterocycles. The number of amides is 1. The second-order valence-corrected chi connectivity index (χ2v) is 3.74. The van der Waals surface area contributed by atoms with E-state index in [1.54, 1.807) is 7.11 Å². The summed E-state index contributed by atoms with van der Waals surface area (Å²) >= 11 is 0. The lowest BCUT2D eigenvalue weighted by Gasteiger charge is -2.08. The molecule has 1 aromatic rings. The minimum atomic E-state index is -0.0217. The van der Waals surface area contributed by atoms with Crippen LogP contribution >= 0.6 is 0 Å². The van der Waals surface area contributed by atoms with E-state index in [1.165, 1.54) is 0 Å². The highest BCUT2D eigenvalue weighted by molar-refractivity contribution is 6.02. The van der Waals surface area contributed by atoms with E-state index in [9.17, 15) is 4.79 Å². The van der Waals surface area contributed by atoms with Gasteiger partial charge in [0.2, 0.25) is 5.91 Å².